The van der Waals surface area contributed by atoms with E-state index >= 15 is 0 Å². The molecule has 103 heavy (non-hydrogen) atoms. The van der Waals surface area contributed by atoms with Crippen LogP contribution >= 0.6 is 0 Å². The van der Waals surface area contributed by atoms with Crippen molar-refractivity contribution >= 4 is 101 Å². The summed E-state index contributed by atoms with van der Waals surface area (Å²) in [6, 6.07) is 57.6. The van der Waals surface area contributed by atoms with E-state index < -0.39 is 84.6 Å². The summed E-state index contributed by atoms with van der Waals surface area (Å²) in [5.74, 6) is 0. The van der Waals surface area contributed by atoms with Crippen molar-refractivity contribution in [2.75, 3.05) is 9.80 Å². The largest absolute Gasteiger partial charge is 0.311 e. The van der Waals surface area contributed by atoms with Crippen LogP contribution in [0.3, 0.4) is 0 Å². The van der Waals surface area contributed by atoms with Gasteiger partial charge < -0.3 is 18.9 Å². The summed E-state index contributed by atoms with van der Waals surface area (Å²) in [6.07, 6.45) is 0. The fourth-order valence-electron chi connectivity index (χ4n) is 15.4. The van der Waals surface area contributed by atoms with E-state index in [4.69, 9.17) is 11.0 Å². The Bertz CT molecular complexity index is 6280. The van der Waals surface area contributed by atoms with Gasteiger partial charge in [-0.15, -0.1) is 0 Å². The number of benzene rings is 13. The lowest BCUT2D eigenvalue weighted by atomic mass is 9.33. The maximum absolute atomic E-state index is 9.36. The molecule has 5 heteroatoms. The molecule has 0 N–H and O–H groups in total. The van der Waals surface area contributed by atoms with Crippen LogP contribution in [0.15, 0.2) is 279 Å². The van der Waals surface area contributed by atoms with E-state index in [1.54, 1.807) is 9.13 Å². The molecule has 0 bridgehead atoms. The first-order valence-corrected chi connectivity index (χ1v) is 35.7. The molecular weight excluding hydrogens is 1240 g/mol. The minimum absolute atomic E-state index is 0.000659. The van der Waals surface area contributed by atoms with Crippen LogP contribution in [0.2, 0.25) is 0 Å². The predicted molar refractivity (Wildman–Crippen MR) is 444 cm³/mol. The Morgan fingerprint density at radius 2 is 0.553 bits per heavy atom. The van der Waals surface area contributed by atoms with Gasteiger partial charge in [0.15, 0.2) is 0 Å². The van der Waals surface area contributed by atoms with Crippen LogP contribution in [0, 0.1) is 0 Å². The first-order chi connectivity index (χ1) is 55.9. The number of fused-ring (bicyclic) bond motifs is 10. The van der Waals surface area contributed by atoms with Gasteiger partial charge in [-0.3, -0.25) is 0 Å². The summed E-state index contributed by atoms with van der Waals surface area (Å²) in [7, 11) is 0. The van der Waals surface area contributed by atoms with Gasteiger partial charge in [0.1, 0.15) is 0 Å². The quantitative estimate of drug-likeness (QED) is 0.141. The fourth-order valence-corrected chi connectivity index (χ4v) is 15.4. The minimum Gasteiger partial charge on any atom is -0.311 e. The molecule has 2 aliphatic heterocycles. The number of hydrogen-bond acceptors (Lipinski definition) is 2. The molecule has 2 aliphatic rings. The van der Waals surface area contributed by atoms with Crippen LogP contribution < -0.4 is 26.2 Å². The molecule has 0 fully saturated rings. The molecule has 0 amide bonds. The first kappa shape index (κ1) is 49.7. The second kappa shape index (κ2) is 23.9. The Morgan fingerprint density at radius 1 is 0.262 bits per heavy atom. The van der Waals surface area contributed by atoms with Gasteiger partial charge in [0.05, 0.1) is 55.4 Å². The van der Waals surface area contributed by atoms with Gasteiger partial charge in [-0.1, -0.05) is 298 Å². The zero-order valence-corrected chi connectivity index (χ0v) is 61.2. The Labute approximate surface area is 632 Å². The minimum atomic E-state index is -0.512. The number of hydrogen-bond donors (Lipinski definition) is 0. The second-order valence-electron chi connectivity index (χ2n) is 33.1. The molecule has 2 aromatic heterocycles. The number of rotatable bonds is 8. The van der Waals surface area contributed by atoms with E-state index in [0.717, 1.165) is 101 Å². The van der Waals surface area contributed by atoms with Crippen molar-refractivity contribution in [2.45, 2.75) is 131 Å². The van der Waals surface area contributed by atoms with E-state index in [9.17, 15) is 11.0 Å². The van der Waals surface area contributed by atoms with Crippen molar-refractivity contribution in [1.82, 2.24) is 9.13 Å². The zero-order chi connectivity index (χ0) is 85.3. The normalized spacial score (nSPS) is 15.5. The molecule has 0 spiro atoms. The first-order valence-electron chi connectivity index (χ1n) is 43.7. The van der Waals surface area contributed by atoms with Crippen molar-refractivity contribution in [1.29, 1.82) is 0 Å². The van der Waals surface area contributed by atoms with Gasteiger partial charge in [0.2, 0.25) is 0 Å². The standard InChI is InChI=1S/C98H91BN4/c1-94(2,3)68-52-66(53-69(58-68)95(4,5)6)64-44-50-89-81(56-64)99-82-57-65(67-54-70(96(7,8)9)59-71(55-67)97(10,11)12)45-51-90(82)103(84-35-23-17-29-76(84)63-42-48-74(49-43-63)101-87-38-26-20-32-79(87)80-33-21-27-39-88(80)101)92-61-72(98(13,14)15)60-91(93(92)99)102(89)83-34-22-16-28-75(83)62-40-46-73(47-41-62)100-85-36-24-18-30-77(85)78-31-19-25-37-86(78)100/h16-61H,1-15H3/i18D,19D,20D,21D,24D,25D,26D,27D,30D,31D,32D,33D,36D,37D,38D,39D. The third-order valence-corrected chi connectivity index (χ3v) is 21.2. The van der Waals surface area contributed by atoms with Crippen LogP contribution in [-0.4, -0.2) is 15.8 Å². The van der Waals surface area contributed by atoms with Crippen molar-refractivity contribution < 1.29 is 21.9 Å². The molecule has 0 saturated carbocycles. The molecule has 4 nitrogen and oxygen atoms in total. The number of para-hydroxylation sites is 6. The number of anilines is 6. The molecule has 0 saturated heterocycles. The summed E-state index contributed by atoms with van der Waals surface area (Å²) in [5.41, 5.74) is 21.8. The van der Waals surface area contributed by atoms with E-state index in [-0.39, 0.29) is 89.4 Å². The molecule has 506 valence electrons. The monoisotopic (exact) mass is 1350 g/mol. The van der Waals surface area contributed by atoms with Gasteiger partial charge in [0, 0.05) is 66.8 Å². The molecule has 0 unspecified atom stereocenters. The van der Waals surface area contributed by atoms with Crippen molar-refractivity contribution in [3.05, 3.63) is 306 Å². The molecule has 0 atom stereocenters. The van der Waals surface area contributed by atoms with Crippen LogP contribution in [-0.2, 0) is 27.1 Å². The maximum atomic E-state index is 9.36. The highest BCUT2D eigenvalue weighted by Gasteiger charge is 2.45. The molecule has 4 heterocycles. The SMILES string of the molecule is [2H]c1c([2H])c([2H])c2c(c1[2H])c1c([2H])c([2H])c([2H])c([2H])c1n2-c1ccc(-c2ccccc2N2c3ccc(-c4cc(C(C)(C)C)cc(C(C)(C)C)c4)cc3B3c4cc(-c5cc(C(C)(C)C)cc(C(C)(C)C)c5)ccc4N(c4ccccc4-c4ccc(-n5c6c([2H])c([2H])c([2H])c([2H])c6c6c([2H])c([2H])c([2H])c([2H])c65)cc4)c4cc(C(C)(C)C)cc2c43)cc1. The van der Waals surface area contributed by atoms with Crippen LogP contribution in [0.4, 0.5) is 34.1 Å². The number of nitrogens with zero attached hydrogens (tertiary/aromatic N) is 4. The highest BCUT2D eigenvalue weighted by Crippen LogP contribution is 2.51. The average Bonchev–Trinajstić information content (AvgIpc) is 1.43. The van der Waals surface area contributed by atoms with Crippen molar-refractivity contribution in [3.8, 4) is 55.9 Å². The van der Waals surface area contributed by atoms with E-state index in [0.29, 0.717) is 11.4 Å². The van der Waals surface area contributed by atoms with Gasteiger partial charge in [-0.25, -0.2) is 0 Å². The fraction of sp³-hybridized carbons (Fsp3) is 0.204. The third kappa shape index (κ3) is 11.1. The third-order valence-electron chi connectivity index (χ3n) is 21.2. The summed E-state index contributed by atoms with van der Waals surface area (Å²) in [5, 5.41) is -0.00263. The Morgan fingerprint density at radius 3 is 0.874 bits per heavy atom. The van der Waals surface area contributed by atoms with Gasteiger partial charge in [0.25, 0.3) is 6.71 Å². The highest BCUT2D eigenvalue weighted by atomic mass is 15.2. The summed E-state index contributed by atoms with van der Waals surface area (Å²) >= 11 is 0. The van der Waals surface area contributed by atoms with E-state index in [2.05, 4.69) is 235 Å². The van der Waals surface area contributed by atoms with E-state index in [1.807, 2.05) is 60.7 Å². The lowest BCUT2D eigenvalue weighted by Crippen LogP contribution is -2.61. The maximum Gasteiger partial charge on any atom is 0.252 e. The zero-order valence-electron chi connectivity index (χ0n) is 77.2. The van der Waals surface area contributed by atoms with Crippen molar-refractivity contribution in [2.24, 2.45) is 0 Å². The molecule has 15 aromatic rings. The average molecular weight is 1350 g/mol. The summed E-state index contributed by atoms with van der Waals surface area (Å²) < 4.78 is 148. The van der Waals surface area contributed by atoms with Crippen molar-refractivity contribution in [3.63, 3.8) is 0 Å². The molecule has 13 aromatic carbocycles. The Hall–Kier alpha value is -10.9. The number of aromatic nitrogens is 2. The van der Waals surface area contributed by atoms with Crippen LogP contribution in [0.5, 0.6) is 0 Å². The smallest absolute Gasteiger partial charge is 0.252 e. The lowest BCUT2D eigenvalue weighted by molar-refractivity contribution is 0.568. The van der Waals surface area contributed by atoms with E-state index in [1.165, 1.54) is 22.3 Å². The Kier molecular flexibility index (Phi) is 11.5. The van der Waals surface area contributed by atoms with Crippen LogP contribution in [0.25, 0.3) is 99.5 Å². The highest BCUT2D eigenvalue weighted by molar-refractivity contribution is 7.00. The Balaban J connectivity index is 0.944. The van der Waals surface area contributed by atoms with Gasteiger partial charge >= 0.3 is 0 Å². The molecule has 17 rings (SSSR count). The van der Waals surface area contributed by atoms with Gasteiger partial charge in [-0.2, -0.15) is 0 Å². The summed E-state index contributed by atoms with van der Waals surface area (Å²) in [6.45, 7) is 33.5. The molecule has 0 radical (unpaired) electrons. The molecule has 0 aliphatic carbocycles. The molecular formula is C98H91BN4. The predicted octanol–water partition coefficient (Wildman–Crippen LogP) is 25.1. The summed E-state index contributed by atoms with van der Waals surface area (Å²) in [4.78, 5) is 4.85. The lowest BCUT2D eigenvalue weighted by Gasteiger charge is -2.46. The topological polar surface area (TPSA) is 16.3 Å². The second-order valence-corrected chi connectivity index (χ2v) is 33.1. The van der Waals surface area contributed by atoms with Crippen LogP contribution in [0.1, 0.15) is 154 Å². The van der Waals surface area contributed by atoms with Gasteiger partial charge in [-0.05, 0) is 189 Å².